The number of benzene rings is 1. The molecule has 0 spiro atoms. The molecular weight excluding hydrogens is 321 g/mol. The van der Waals surface area contributed by atoms with Gasteiger partial charge in [0.25, 0.3) is 0 Å². The highest BCUT2D eigenvalue weighted by atomic mass is 35.5. The van der Waals surface area contributed by atoms with Crippen molar-refractivity contribution >= 4 is 40.7 Å². The molecule has 0 atom stereocenters. The second-order valence-electron chi connectivity index (χ2n) is 5.20. The average Bonchev–Trinajstić information content (AvgIpc) is 2.42. The second kappa shape index (κ2) is 7.63. The summed E-state index contributed by atoms with van der Waals surface area (Å²) in [7, 11) is 4.05. The third-order valence-electron chi connectivity index (χ3n) is 2.89. The lowest BCUT2D eigenvalue weighted by Gasteiger charge is -2.12. The van der Waals surface area contributed by atoms with Crippen LogP contribution in [0, 0.1) is 6.92 Å². The van der Waals surface area contributed by atoms with Crippen molar-refractivity contribution in [2.45, 2.75) is 6.92 Å². The molecule has 0 saturated heterocycles. The molecule has 0 fully saturated rings. The van der Waals surface area contributed by atoms with Crippen LogP contribution < -0.4 is 10.6 Å². The molecule has 1 heterocycles. The maximum Gasteiger partial charge on any atom is 0.224 e. The first-order chi connectivity index (χ1) is 10.4. The molecule has 2 aromatic rings. The van der Waals surface area contributed by atoms with Gasteiger partial charge in [0, 0.05) is 30.5 Å². The monoisotopic (exact) mass is 339 g/mol. The first-order valence-electron chi connectivity index (χ1n) is 6.90. The maximum atomic E-state index is 6.02. The average molecular weight is 340 g/mol. The number of anilines is 3. The summed E-state index contributed by atoms with van der Waals surface area (Å²) in [6.45, 7) is 3.62. The predicted octanol–water partition coefficient (Wildman–Crippen LogP) is 3.81. The Morgan fingerprint density at radius 1 is 1.09 bits per heavy atom. The molecule has 1 aromatic heterocycles. The van der Waals surface area contributed by atoms with Crippen molar-refractivity contribution in [1.82, 2.24) is 14.9 Å². The number of nitrogens with zero attached hydrogens (tertiary/aromatic N) is 3. The van der Waals surface area contributed by atoms with Crippen LogP contribution in [0.1, 0.15) is 5.69 Å². The highest BCUT2D eigenvalue weighted by molar-refractivity contribution is 6.42. The van der Waals surface area contributed by atoms with E-state index in [9.17, 15) is 0 Å². The SMILES string of the molecule is Cc1cc(Nc2ccc(Cl)c(Cl)c2)nc(NCCN(C)C)n1. The van der Waals surface area contributed by atoms with E-state index in [1.54, 1.807) is 12.1 Å². The van der Waals surface area contributed by atoms with Gasteiger partial charge in [-0.25, -0.2) is 4.98 Å². The van der Waals surface area contributed by atoms with Gasteiger partial charge < -0.3 is 15.5 Å². The second-order valence-corrected chi connectivity index (χ2v) is 6.02. The highest BCUT2D eigenvalue weighted by Crippen LogP contribution is 2.26. The van der Waals surface area contributed by atoms with Gasteiger partial charge in [-0.1, -0.05) is 23.2 Å². The number of aromatic nitrogens is 2. The van der Waals surface area contributed by atoms with Crippen molar-refractivity contribution in [2.75, 3.05) is 37.8 Å². The van der Waals surface area contributed by atoms with Crippen LogP contribution in [0.5, 0.6) is 0 Å². The molecule has 0 saturated carbocycles. The fourth-order valence-corrected chi connectivity index (χ4v) is 2.12. The third-order valence-corrected chi connectivity index (χ3v) is 3.63. The van der Waals surface area contributed by atoms with Gasteiger partial charge in [0.2, 0.25) is 5.95 Å². The van der Waals surface area contributed by atoms with Gasteiger partial charge in [0.15, 0.2) is 0 Å². The van der Waals surface area contributed by atoms with Crippen LogP contribution in [0.25, 0.3) is 0 Å². The molecule has 22 heavy (non-hydrogen) atoms. The van der Waals surface area contributed by atoms with Crippen LogP contribution in [-0.2, 0) is 0 Å². The Bertz CT molecular complexity index is 646. The van der Waals surface area contributed by atoms with Crippen molar-refractivity contribution in [3.63, 3.8) is 0 Å². The lowest BCUT2D eigenvalue weighted by Crippen LogP contribution is -2.21. The van der Waals surface area contributed by atoms with Gasteiger partial charge in [0.05, 0.1) is 10.0 Å². The van der Waals surface area contributed by atoms with Gasteiger partial charge in [-0.3, -0.25) is 0 Å². The number of likely N-dealkylation sites (N-methyl/N-ethyl adjacent to an activating group) is 1. The third kappa shape index (κ3) is 5.02. The van der Waals surface area contributed by atoms with E-state index in [4.69, 9.17) is 23.2 Å². The maximum absolute atomic E-state index is 6.02. The summed E-state index contributed by atoms with van der Waals surface area (Å²) in [5.41, 5.74) is 1.71. The van der Waals surface area contributed by atoms with Crippen molar-refractivity contribution < 1.29 is 0 Å². The van der Waals surface area contributed by atoms with E-state index in [-0.39, 0.29) is 0 Å². The Morgan fingerprint density at radius 3 is 2.55 bits per heavy atom. The van der Waals surface area contributed by atoms with Gasteiger partial charge >= 0.3 is 0 Å². The van der Waals surface area contributed by atoms with E-state index in [0.29, 0.717) is 21.8 Å². The molecule has 0 aliphatic carbocycles. The summed E-state index contributed by atoms with van der Waals surface area (Å²) in [4.78, 5) is 10.9. The lowest BCUT2D eigenvalue weighted by molar-refractivity contribution is 0.425. The molecule has 2 rings (SSSR count). The Hall–Kier alpha value is -1.56. The van der Waals surface area contributed by atoms with Gasteiger partial charge in [0.1, 0.15) is 5.82 Å². The van der Waals surface area contributed by atoms with Crippen molar-refractivity contribution in [2.24, 2.45) is 0 Å². The molecule has 0 amide bonds. The zero-order valence-electron chi connectivity index (χ0n) is 12.8. The minimum absolute atomic E-state index is 0.502. The first-order valence-corrected chi connectivity index (χ1v) is 7.66. The summed E-state index contributed by atoms with van der Waals surface area (Å²) in [5, 5.41) is 7.45. The van der Waals surface area contributed by atoms with E-state index in [2.05, 4.69) is 25.5 Å². The van der Waals surface area contributed by atoms with E-state index in [1.165, 1.54) is 0 Å². The van der Waals surface area contributed by atoms with Crippen LogP contribution in [0.15, 0.2) is 24.3 Å². The molecule has 2 N–H and O–H groups in total. The molecule has 5 nitrogen and oxygen atoms in total. The quantitative estimate of drug-likeness (QED) is 0.838. The Morgan fingerprint density at radius 2 is 1.86 bits per heavy atom. The fourth-order valence-electron chi connectivity index (χ4n) is 1.82. The minimum Gasteiger partial charge on any atom is -0.353 e. The molecule has 0 radical (unpaired) electrons. The van der Waals surface area contributed by atoms with Gasteiger partial charge in [-0.05, 0) is 39.2 Å². The Labute approximate surface area is 140 Å². The molecule has 0 unspecified atom stereocenters. The summed E-state index contributed by atoms with van der Waals surface area (Å²) in [5.74, 6) is 1.31. The first kappa shape index (κ1) is 16.8. The van der Waals surface area contributed by atoms with E-state index < -0.39 is 0 Å². The van der Waals surface area contributed by atoms with Crippen molar-refractivity contribution in [3.8, 4) is 0 Å². The lowest BCUT2D eigenvalue weighted by atomic mass is 10.3. The van der Waals surface area contributed by atoms with E-state index >= 15 is 0 Å². The fraction of sp³-hybridized carbons (Fsp3) is 0.333. The zero-order valence-corrected chi connectivity index (χ0v) is 14.3. The Balaban J connectivity index is 2.10. The zero-order chi connectivity index (χ0) is 16.1. The predicted molar refractivity (Wildman–Crippen MR) is 93.6 cm³/mol. The summed E-state index contributed by atoms with van der Waals surface area (Å²) in [6, 6.07) is 7.24. The van der Waals surface area contributed by atoms with Crippen molar-refractivity contribution in [1.29, 1.82) is 0 Å². The summed E-state index contributed by atoms with van der Waals surface area (Å²) < 4.78 is 0. The smallest absolute Gasteiger partial charge is 0.224 e. The standard InChI is InChI=1S/C15H19Cl2N5/c1-10-8-14(20-11-4-5-12(16)13(17)9-11)21-15(19-10)18-6-7-22(2)3/h4-5,8-9H,6-7H2,1-3H3,(H2,18,19,20,21). The van der Waals surface area contributed by atoms with Crippen LogP contribution in [0.4, 0.5) is 17.5 Å². The van der Waals surface area contributed by atoms with Crippen LogP contribution in [0.2, 0.25) is 10.0 Å². The van der Waals surface area contributed by atoms with Gasteiger partial charge in [-0.15, -0.1) is 0 Å². The largest absolute Gasteiger partial charge is 0.353 e. The molecule has 7 heteroatoms. The van der Waals surface area contributed by atoms with Crippen molar-refractivity contribution in [3.05, 3.63) is 40.0 Å². The molecule has 118 valence electrons. The minimum atomic E-state index is 0.502. The van der Waals surface area contributed by atoms with E-state index in [1.807, 2.05) is 33.2 Å². The van der Waals surface area contributed by atoms with Crippen LogP contribution in [0.3, 0.4) is 0 Å². The van der Waals surface area contributed by atoms with E-state index in [0.717, 1.165) is 24.5 Å². The summed E-state index contributed by atoms with van der Waals surface area (Å²) in [6.07, 6.45) is 0. The number of rotatable bonds is 6. The Kier molecular flexibility index (Phi) is 5.83. The molecule has 0 aliphatic rings. The molecule has 0 aliphatic heterocycles. The van der Waals surface area contributed by atoms with Crippen LogP contribution in [-0.4, -0.2) is 42.1 Å². The normalized spacial score (nSPS) is 10.8. The molecular formula is C15H19Cl2N5. The van der Waals surface area contributed by atoms with Crippen LogP contribution >= 0.6 is 23.2 Å². The number of aryl methyl sites for hydroxylation is 1. The molecule has 1 aromatic carbocycles. The highest BCUT2D eigenvalue weighted by Gasteiger charge is 2.04. The summed E-state index contributed by atoms with van der Waals surface area (Å²) >= 11 is 11.9. The number of hydrogen-bond donors (Lipinski definition) is 2. The topological polar surface area (TPSA) is 53.1 Å². The number of halogens is 2. The number of nitrogens with one attached hydrogen (secondary N) is 2. The molecule has 0 bridgehead atoms. The van der Waals surface area contributed by atoms with Gasteiger partial charge in [-0.2, -0.15) is 4.98 Å². The number of hydrogen-bond acceptors (Lipinski definition) is 5.